The minimum atomic E-state index is 0.280. The van der Waals surface area contributed by atoms with Gasteiger partial charge in [0.15, 0.2) is 5.96 Å². The van der Waals surface area contributed by atoms with Crippen molar-refractivity contribution in [1.82, 2.24) is 10.3 Å². The third-order valence-electron chi connectivity index (χ3n) is 2.93. The molecule has 5 nitrogen and oxygen atoms in total. The number of nitrogens with zero attached hydrogens (tertiary/aromatic N) is 2. The van der Waals surface area contributed by atoms with Crippen molar-refractivity contribution < 1.29 is 4.74 Å². The number of ether oxygens (including phenoxy) is 1. The monoisotopic (exact) mass is 268 g/mol. The molecule has 1 aliphatic heterocycles. The third-order valence-corrected chi connectivity index (χ3v) is 3.86. The molecule has 1 aliphatic rings. The number of aliphatic imine (C=N–C) groups is 1. The minimum Gasteiger partial charge on any atom is -0.376 e. The van der Waals surface area contributed by atoms with Crippen molar-refractivity contribution in [3.8, 4) is 0 Å². The minimum absolute atomic E-state index is 0.280. The second kappa shape index (κ2) is 6.15. The van der Waals surface area contributed by atoms with Crippen LogP contribution in [0.2, 0.25) is 0 Å². The highest BCUT2D eigenvalue weighted by atomic mass is 32.1. The number of nitrogens with two attached hydrogens (primary N) is 1. The van der Waals surface area contributed by atoms with E-state index in [1.54, 1.807) is 11.3 Å². The van der Waals surface area contributed by atoms with Crippen molar-refractivity contribution in [3.05, 3.63) is 15.6 Å². The molecule has 2 heterocycles. The highest BCUT2D eigenvalue weighted by Crippen LogP contribution is 2.16. The molecule has 0 bridgehead atoms. The van der Waals surface area contributed by atoms with E-state index in [2.05, 4.69) is 22.2 Å². The Hall–Kier alpha value is -1.14. The lowest BCUT2D eigenvalue weighted by Crippen LogP contribution is -2.37. The lowest BCUT2D eigenvalue weighted by Gasteiger charge is -2.10. The zero-order chi connectivity index (χ0) is 13.0. The van der Waals surface area contributed by atoms with Gasteiger partial charge in [-0.05, 0) is 26.7 Å². The van der Waals surface area contributed by atoms with Gasteiger partial charge in [-0.25, -0.2) is 9.98 Å². The first-order valence-corrected chi connectivity index (χ1v) is 7.05. The van der Waals surface area contributed by atoms with E-state index in [1.807, 2.05) is 6.92 Å². The van der Waals surface area contributed by atoms with Crippen molar-refractivity contribution in [2.75, 3.05) is 13.2 Å². The van der Waals surface area contributed by atoms with Crippen molar-refractivity contribution in [2.45, 2.75) is 39.3 Å². The van der Waals surface area contributed by atoms with Gasteiger partial charge in [0.05, 0.1) is 23.4 Å². The fourth-order valence-electron chi connectivity index (χ4n) is 1.96. The van der Waals surface area contributed by atoms with Crippen LogP contribution in [0.4, 0.5) is 0 Å². The highest BCUT2D eigenvalue weighted by molar-refractivity contribution is 7.11. The smallest absolute Gasteiger partial charge is 0.189 e. The van der Waals surface area contributed by atoms with E-state index in [0.29, 0.717) is 12.5 Å². The van der Waals surface area contributed by atoms with Crippen molar-refractivity contribution in [1.29, 1.82) is 0 Å². The zero-order valence-electron chi connectivity index (χ0n) is 10.9. The van der Waals surface area contributed by atoms with E-state index >= 15 is 0 Å². The Morgan fingerprint density at radius 1 is 1.61 bits per heavy atom. The first-order valence-electron chi connectivity index (χ1n) is 6.23. The fourth-order valence-corrected chi connectivity index (χ4v) is 2.79. The summed E-state index contributed by atoms with van der Waals surface area (Å²) in [5.41, 5.74) is 6.83. The molecule has 0 aliphatic carbocycles. The van der Waals surface area contributed by atoms with Gasteiger partial charge in [0, 0.05) is 18.0 Å². The molecule has 1 aromatic rings. The van der Waals surface area contributed by atoms with E-state index in [9.17, 15) is 0 Å². The van der Waals surface area contributed by atoms with Gasteiger partial charge in [-0.2, -0.15) is 0 Å². The molecule has 1 saturated heterocycles. The normalized spacial score (nSPS) is 20.3. The van der Waals surface area contributed by atoms with Crippen molar-refractivity contribution >= 4 is 17.3 Å². The van der Waals surface area contributed by atoms with Crippen LogP contribution in [0.5, 0.6) is 0 Å². The quantitative estimate of drug-likeness (QED) is 0.638. The number of nitrogens with one attached hydrogen (secondary N) is 1. The number of aromatic nitrogens is 1. The molecule has 0 radical (unpaired) electrons. The number of aryl methyl sites for hydroxylation is 2. The van der Waals surface area contributed by atoms with Crippen LogP contribution >= 0.6 is 11.3 Å². The summed E-state index contributed by atoms with van der Waals surface area (Å²) in [6.45, 7) is 6.21. The van der Waals surface area contributed by atoms with Gasteiger partial charge in [-0.15, -0.1) is 11.3 Å². The van der Waals surface area contributed by atoms with E-state index in [0.717, 1.165) is 36.7 Å². The maximum atomic E-state index is 5.82. The predicted molar refractivity (Wildman–Crippen MR) is 73.9 cm³/mol. The molecular weight excluding hydrogens is 248 g/mol. The van der Waals surface area contributed by atoms with E-state index in [-0.39, 0.29) is 6.10 Å². The van der Waals surface area contributed by atoms with Crippen molar-refractivity contribution in [3.63, 3.8) is 0 Å². The SMILES string of the molecule is Cc1nc(CN=C(N)NCC2CCCO2)c(C)s1. The Bertz CT molecular complexity index is 424. The topological polar surface area (TPSA) is 72.5 Å². The molecule has 1 fully saturated rings. The Morgan fingerprint density at radius 2 is 2.44 bits per heavy atom. The van der Waals surface area contributed by atoms with Crippen LogP contribution in [0.1, 0.15) is 28.4 Å². The van der Waals surface area contributed by atoms with Gasteiger partial charge < -0.3 is 15.8 Å². The highest BCUT2D eigenvalue weighted by Gasteiger charge is 2.14. The summed E-state index contributed by atoms with van der Waals surface area (Å²) in [4.78, 5) is 9.94. The molecule has 18 heavy (non-hydrogen) atoms. The van der Waals surface area contributed by atoms with Crippen LogP contribution in [0.25, 0.3) is 0 Å². The first-order chi connectivity index (χ1) is 8.65. The van der Waals surface area contributed by atoms with Gasteiger partial charge in [0.2, 0.25) is 0 Å². The summed E-state index contributed by atoms with van der Waals surface area (Å²) in [6.07, 6.45) is 2.52. The average Bonchev–Trinajstić information content (AvgIpc) is 2.94. The third kappa shape index (κ3) is 3.68. The van der Waals surface area contributed by atoms with Gasteiger partial charge in [-0.3, -0.25) is 0 Å². The molecule has 3 N–H and O–H groups in total. The molecule has 100 valence electrons. The maximum Gasteiger partial charge on any atom is 0.189 e. The van der Waals surface area contributed by atoms with Crippen LogP contribution in [0.3, 0.4) is 0 Å². The molecule has 0 aromatic carbocycles. The number of guanidine groups is 1. The van der Waals surface area contributed by atoms with E-state index < -0.39 is 0 Å². The molecule has 0 spiro atoms. The molecule has 1 atom stereocenters. The number of rotatable bonds is 4. The molecule has 1 aromatic heterocycles. The van der Waals surface area contributed by atoms with Gasteiger partial charge in [0.1, 0.15) is 0 Å². The predicted octanol–water partition coefficient (Wildman–Crippen LogP) is 1.34. The lowest BCUT2D eigenvalue weighted by molar-refractivity contribution is 0.114. The zero-order valence-corrected chi connectivity index (χ0v) is 11.7. The molecule has 0 saturated carbocycles. The molecule has 2 rings (SSSR count). The summed E-state index contributed by atoms with van der Waals surface area (Å²) >= 11 is 1.69. The van der Waals surface area contributed by atoms with Crippen LogP contribution in [-0.4, -0.2) is 30.2 Å². The van der Waals surface area contributed by atoms with Crippen LogP contribution < -0.4 is 11.1 Å². The number of thiazole rings is 1. The summed E-state index contributed by atoms with van der Waals surface area (Å²) in [6, 6.07) is 0. The largest absolute Gasteiger partial charge is 0.376 e. The second-order valence-electron chi connectivity index (χ2n) is 4.45. The van der Waals surface area contributed by atoms with Gasteiger partial charge in [0.25, 0.3) is 0 Å². The fraction of sp³-hybridized carbons (Fsp3) is 0.667. The molecule has 6 heteroatoms. The van der Waals surface area contributed by atoms with Crippen LogP contribution in [-0.2, 0) is 11.3 Å². The first kappa shape index (κ1) is 13.3. The molecule has 0 amide bonds. The molecule has 1 unspecified atom stereocenters. The van der Waals surface area contributed by atoms with Gasteiger partial charge in [-0.1, -0.05) is 0 Å². The lowest BCUT2D eigenvalue weighted by atomic mass is 10.2. The van der Waals surface area contributed by atoms with E-state index in [4.69, 9.17) is 10.5 Å². The van der Waals surface area contributed by atoms with Crippen LogP contribution in [0, 0.1) is 13.8 Å². The Balaban J connectivity index is 1.79. The Kier molecular flexibility index (Phi) is 4.54. The summed E-state index contributed by atoms with van der Waals surface area (Å²) in [5.74, 6) is 0.468. The van der Waals surface area contributed by atoms with E-state index in [1.165, 1.54) is 4.88 Å². The summed E-state index contributed by atoms with van der Waals surface area (Å²) in [5, 5.41) is 4.17. The number of hydrogen-bond donors (Lipinski definition) is 2. The van der Waals surface area contributed by atoms with Crippen molar-refractivity contribution in [2.24, 2.45) is 10.7 Å². The second-order valence-corrected chi connectivity index (χ2v) is 5.86. The average molecular weight is 268 g/mol. The number of hydrogen-bond acceptors (Lipinski definition) is 4. The molecular formula is C12H20N4OS. The summed E-state index contributed by atoms with van der Waals surface area (Å²) < 4.78 is 5.50. The Morgan fingerprint density at radius 3 is 3.06 bits per heavy atom. The van der Waals surface area contributed by atoms with Gasteiger partial charge >= 0.3 is 0 Å². The Labute approximate surface area is 111 Å². The van der Waals surface area contributed by atoms with Crippen LogP contribution in [0.15, 0.2) is 4.99 Å². The summed E-state index contributed by atoms with van der Waals surface area (Å²) in [7, 11) is 0. The standard InChI is InChI=1S/C12H20N4OS/c1-8-11(16-9(2)18-8)7-15-12(13)14-6-10-4-3-5-17-10/h10H,3-7H2,1-2H3,(H3,13,14,15). The maximum absolute atomic E-state index is 5.82.